The summed E-state index contributed by atoms with van der Waals surface area (Å²) in [6.07, 6.45) is 3.76. The van der Waals surface area contributed by atoms with E-state index in [4.69, 9.17) is 0 Å². The zero-order chi connectivity index (χ0) is 13.7. The molecule has 0 spiro atoms. The van der Waals surface area contributed by atoms with Crippen LogP contribution in [0.1, 0.15) is 18.4 Å². The van der Waals surface area contributed by atoms with Crippen LogP contribution in [0.15, 0.2) is 24.3 Å². The monoisotopic (exact) mass is 262 g/mol. The lowest BCUT2D eigenvalue weighted by Gasteiger charge is -2.40. The quantitative estimate of drug-likeness (QED) is 0.783. The standard InChI is InChI=1S/C15H22N2O2/c1-17(15(12-18)7-9-16-10-8-15)11-6-13-2-4-14(19)5-3-13/h2-5,12,16,19H,6-11H2,1H3. The summed E-state index contributed by atoms with van der Waals surface area (Å²) in [5.41, 5.74) is 0.877. The van der Waals surface area contributed by atoms with Crippen molar-refractivity contribution in [3.8, 4) is 5.75 Å². The van der Waals surface area contributed by atoms with Gasteiger partial charge in [0.15, 0.2) is 0 Å². The highest BCUT2D eigenvalue weighted by molar-refractivity contribution is 5.64. The van der Waals surface area contributed by atoms with Crippen molar-refractivity contribution in [3.63, 3.8) is 0 Å². The maximum atomic E-state index is 11.5. The van der Waals surface area contributed by atoms with Gasteiger partial charge in [0.25, 0.3) is 0 Å². The Morgan fingerprint density at radius 3 is 2.53 bits per heavy atom. The molecule has 0 saturated carbocycles. The predicted molar refractivity (Wildman–Crippen MR) is 75.3 cm³/mol. The van der Waals surface area contributed by atoms with E-state index in [9.17, 15) is 9.90 Å². The Morgan fingerprint density at radius 2 is 1.95 bits per heavy atom. The molecule has 104 valence electrons. The summed E-state index contributed by atoms with van der Waals surface area (Å²) in [6.45, 7) is 2.66. The number of carbonyl (C=O) groups is 1. The van der Waals surface area contributed by atoms with Crippen LogP contribution in [0.5, 0.6) is 5.75 Å². The molecule has 0 bridgehead atoms. The van der Waals surface area contributed by atoms with Gasteiger partial charge in [-0.15, -0.1) is 0 Å². The number of phenolic OH excluding ortho intramolecular Hbond substituents is 1. The van der Waals surface area contributed by atoms with Gasteiger partial charge in [0, 0.05) is 6.54 Å². The molecular formula is C15H22N2O2. The summed E-state index contributed by atoms with van der Waals surface area (Å²) in [6, 6.07) is 7.27. The van der Waals surface area contributed by atoms with Gasteiger partial charge in [-0.1, -0.05) is 12.1 Å². The molecule has 0 amide bonds. The average Bonchev–Trinajstić information content (AvgIpc) is 2.47. The molecule has 0 unspecified atom stereocenters. The number of piperidine rings is 1. The van der Waals surface area contributed by atoms with Crippen molar-refractivity contribution in [2.75, 3.05) is 26.7 Å². The topological polar surface area (TPSA) is 52.6 Å². The molecule has 0 radical (unpaired) electrons. The zero-order valence-corrected chi connectivity index (χ0v) is 11.4. The van der Waals surface area contributed by atoms with Crippen LogP contribution in [0.2, 0.25) is 0 Å². The fourth-order valence-corrected chi connectivity index (χ4v) is 2.63. The maximum absolute atomic E-state index is 11.5. The highest BCUT2D eigenvalue weighted by atomic mass is 16.3. The molecule has 4 heteroatoms. The number of nitrogens with one attached hydrogen (secondary N) is 1. The third-order valence-electron chi connectivity index (χ3n) is 4.12. The number of likely N-dealkylation sites (N-methyl/N-ethyl adjacent to an activating group) is 1. The second-order valence-corrected chi connectivity index (χ2v) is 5.31. The van der Waals surface area contributed by atoms with Crippen LogP contribution < -0.4 is 5.32 Å². The number of benzene rings is 1. The van der Waals surface area contributed by atoms with Crippen molar-refractivity contribution in [1.82, 2.24) is 10.2 Å². The van der Waals surface area contributed by atoms with Crippen molar-refractivity contribution >= 4 is 6.29 Å². The Bertz CT molecular complexity index is 411. The molecule has 0 atom stereocenters. The summed E-state index contributed by atoms with van der Waals surface area (Å²) in [7, 11) is 2.03. The summed E-state index contributed by atoms with van der Waals surface area (Å²) < 4.78 is 0. The predicted octanol–water partition coefficient (Wildman–Crippen LogP) is 1.19. The molecule has 19 heavy (non-hydrogen) atoms. The Balaban J connectivity index is 1.94. The zero-order valence-electron chi connectivity index (χ0n) is 11.4. The fourth-order valence-electron chi connectivity index (χ4n) is 2.63. The average molecular weight is 262 g/mol. The number of phenols is 1. The molecular weight excluding hydrogens is 240 g/mol. The molecule has 1 heterocycles. The molecule has 1 aliphatic heterocycles. The van der Waals surface area contributed by atoms with Crippen LogP contribution in [0.4, 0.5) is 0 Å². The van der Waals surface area contributed by atoms with Gasteiger partial charge < -0.3 is 15.2 Å². The number of rotatable bonds is 5. The van der Waals surface area contributed by atoms with E-state index in [1.54, 1.807) is 12.1 Å². The van der Waals surface area contributed by atoms with E-state index in [2.05, 4.69) is 10.2 Å². The van der Waals surface area contributed by atoms with Crippen molar-refractivity contribution in [2.24, 2.45) is 0 Å². The lowest BCUT2D eigenvalue weighted by Crippen LogP contribution is -2.54. The van der Waals surface area contributed by atoms with Crippen molar-refractivity contribution in [2.45, 2.75) is 24.8 Å². The first-order valence-corrected chi connectivity index (χ1v) is 6.82. The molecule has 0 aliphatic carbocycles. The molecule has 4 nitrogen and oxygen atoms in total. The highest BCUT2D eigenvalue weighted by Gasteiger charge is 2.35. The Hall–Kier alpha value is -1.39. The highest BCUT2D eigenvalue weighted by Crippen LogP contribution is 2.23. The summed E-state index contributed by atoms with van der Waals surface area (Å²) in [5, 5.41) is 12.5. The summed E-state index contributed by atoms with van der Waals surface area (Å²) in [5.74, 6) is 0.292. The molecule has 2 N–H and O–H groups in total. The van der Waals surface area contributed by atoms with E-state index in [1.165, 1.54) is 5.56 Å². The molecule has 1 aromatic carbocycles. The van der Waals surface area contributed by atoms with Crippen LogP contribution >= 0.6 is 0 Å². The summed E-state index contributed by atoms with van der Waals surface area (Å²) >= 11 is 0. The first-order valence-electron chi connectivity index (χ1n) is 6.82. The Morgan fingerprint density at radius 1 is 1.32 bits per heavy atom. The largest absolute Gasteiger partial charge is 0.508 e. The molecule has 1 aromatic rings. The van der Waals surface area contributed by atoms with Gasteiger partial charge in [-0.25, -0.2) is 0 Å². The van der Waals surface area contributed by atoms with E-state index in [0.717, 1.165) is 45.2 Å². The van der Waals surface area contributed by atoms with Crippen LogP contribution in [0.25, 0.3) is 0 Å². The van der Waals surface area contributed by atoms with Gasteiger partial charge in [-0.05, 0) is 57.1 Å². The van der Waals surface area contributed by atoms with Crippen molar-refractivity contribution in [1.29, 1.82) is 0 Å². The van der Waals surface area contributed by atoms with E-state index in [-0.39, 0.29) is 5.54 Å². The van der Waals surface area contributed by atoms with Gasteiger partial charge >= 0.3 is 0 Å². The number of hydrogen-bond acceptors (Lipinski definition) is 4. The van der Waals surface area contributed by atoms with Crippen LogP contribution in [0.3, 0.4) is 0 Å². The molecule has 1 fully saturated rings. The molecule has 1 aliphatic rings. The van der Waals surface area contributed by atoms with E-state index >= 15 is 0 Å². The number of aldehydes is 1. The normalized spacial score (nSPS) is 18.4. The number of aromatic hydroxyl groups is 1. The number of carbonyl (C=O) groups excluding carboxylic acids is 1. The van der Waals surface area contributed by atoms with Gasteiger partial charge in [-0.2, -0.15) is 0 Å². The molecule has 0 aromatic heterocycles. The fraction of sp³-hybridized carbons (Fsp3) is 0.533. The minimum Gasteiger partial charge on any atom is -0.508 e. The first kappa shape index (κ1) is 14.0. The Labute approximate surface area is 114 Å². The van der Waals surface area contributed by atoms with Gasteiger partial charge in [0.2, 0.25) is 0 Å². The summed E-state index contributed by atoms with van der Waals surface area (Å²) in [4.78, 5) is 13.7. The number of nitrogens with zero attached hydrogens (tertiary/aromatic N) is 1. The third kappa shape index (κ3) is 3.33. The van der Waals surface area contributed by atoms with Crippen LogP contribution in [-0.4, -0.2) is 48.5 Å². The maximum Gasteiger partial charge on any atom is 0.140 e. The minimum atomic E-state index is -0.303. The van der Waals surface area contributed by atoms with E-state index in [0.29, 0.717) is 5.75 Å². The van der Waals surface area contributed by atoms with Gasteiger partial charge in [0.1, 0.15) is 12.0 Å². The van der Waals surface area contributed by atoms with Crippen molar-refractivity contribution in [3.05, 3.63) is 29.8 Å². The van der Waals surface area contributed by atoms with Gasteiger partial charge in [-0.3, -0.25) is 4.90 Å². The lowest BCUT2D eigenvalue weighted by atomic mass is 9.88. The minimum absolute atomic E-state index is 0.292. The first-order chi connectivity index (χ1) is 9.16. The SMILES string of the molecule is CN(CCc1ccc(O)cc1)C1(C=O)CCNCC1. The molecule has 2 rings (SSSR count). The number of hydrogen-bond donors (Lipinski definition) is 2. The van der Waals surface area contributed by atoms with E-state index in [1.807, 2.05) is 19.2 Å². The Kier molecular flexibility index (Phi) is 4.56. The van der Waals surface area contributed by atoms with E-state index < -0.39 is 0 Å². The molecule has 1 saturated heterocycles. The third-order valence-corrected chi connectivity index (χ3v) is 4.12. The van der Waals surface area contributed by atoms with Crippen LogP contribution in [0, 0.1) is 0 Å². The smallest absolute Gasteiger partial charge is 0.140 e. The lowest BCUT2D eigenvalue weighted by molar-refractivity contribution is -0.119. The second kappa shape index (κ2) is 6.17. The second-order valence-electron chi connectivity index (χ2n) is 5.31. The van der Waals surface area contributed by atoms with Crippen LogP contribution in [-0.2, 0) is 11.2 Å². The van der Waals surface area contributed by atoms with Crippen molar-refractivity contribution < 1.29 is 9.90 Å². The van der Waals surface area contributed by atoms with Gasteiger partial charge in [0.05, 0.1) is 5.54 Å².